The number of aliphatic carboxylic acids is 1. The van der Waals surface area contributed by atoms with Gasteiger partial charge in [-0.25, -0.2) is 0 Å². The van der Waals surface area contributed by atoms with Crippen molar-refractivity contribution in [3.63, 3.8) is 0 Å². The lowest BCUT2D eigenvalue weighted by Crippen LogP contribution is -1.97. The Morgan fingerprint density at radius 3 is 2.88 bits per heavy atom. The van der Waals surface area contributed by atoms with Gasteiger partial charge in [0.15, 0.2) is 0 Å². The van der Waals surface area contributed by atoms with Gasteiger partial charge in [-0.3, -0.25) is 4.79 Å². The number of ether oxygens (including phenoxy) is 1. The molecule has 0 amide bonds. The Labute approximate surface area is 98.4 Å². The SMILES string of the molecule is COc1cccc(-c2ccc(CC(=O)O)o2)c1. The molecule has 0 aliphatic rings. The standard InChI is InChI=1S/C13H12O4/c1-16-10-4-2-3-9(7-10)12-6-5-11(17-12)8-13(14)15/h2-7H,8H2,1H3,(H,14,15). The molecule has 0 spiro atoms. The van der Waals surface area contributed by atoms with Crippen molar-refractivity contribution in [3.8, 4) is 17.1 Å². The lowest BCUT2D eigenvalue weighted by molar-refractivity contribution is -0.136. The molecule has 0 fully saturated rings. The number of hydrogen-bond donors (Lipinski definition) is 1. The van der Waals surface area contributed by atoms with Crippen LogP contribution in [-0.2, 0) is 11.2 Å². The number of furan rings is 1. The summed E-state index contributed by atoms with van der Waals surface area (Å²) in [5.74, 6) is 0.908. The van der Waals surface area contributed by atoms with E-state index in [4.69, 9.17) is 14.3 Å². The first-order chi connectivity index (χ1) is 8.19. The summed E-state index contributed by atoms with van der Waals surface area (Å²) in [6.07, 6.45) is -0.107. The highest BCUT2D eigenvalue weighted by molar-refractivity contribution is 5.70. The maximum Gasteiger partial charge on any atom is 0.311 e. The second-order valence-electron chi connectivity index (χ2n) is 3.57. The molecule has 0 unspecified atom stereocenters. The van der Waals surface area contributed by atoms with E-state index in [9.17, 15) is 4.79 Å². The molecule has 1 aromatic heterocycles. The lowest BCUT2D eigenvalue weighted by Gasteiger charge is -2.01. The number of carboxylic acid groups (broad SMARTS) is 1. The monoisotopic (exact) mass is 232 g/mol. The number of carbonyl (C=O) groups is 1. The predicted octanol–water partition coefficient (Wildman–Crippen LogP) is 2.58. The maximum absolute atomic E-state index is 10.5. The molecule has 17 heavy (non-hydrogen) atoms. The van der Waals surface area contributed by atoms with Crippen molar-refractivity contribution >= 4 is 5.97 Å². The highest BCUT2D eigenvalue weighted by Crippen LogP contribution is 2.25. The zero-order valence-corrected chi connectivity index (χ0v) is 9.34. The Hall–Kier alpha value is -2.23. The first-order valence-electron chi connectivity index (χ1n) is 5.14. The van der Waals surface area contributed by atoms with Crippen molar-refractivity contribution < 1.29 is 19.1 Å². The Morgan fingerprint density at radius 2 is 2.18 bits per heavy atom. The van der Waals surface area contributed by atoms with Crippen LogP contribution in [0.3, 0.4) is 0 Å². The molecule has 0 aliphatic carbocycles. The minimum absolute atomic E-state index is 0.107. The molecule has 4 heteroatoms. The van der Waals surface area contributed by atoms with E-state index in [1.807, 2.05) is 24.3 Å². The van der Waals surface area contributed by atoms with Crippen molar-refractivity contribution in [2.24, 2.45) is 0 Å². The number of carboxylic acids is 1. The van der Waals surface area contributed by atoms with Crippen LogP contribution in [0.1, 0.15) is 5.76 Å². The molecule has 1 aromatic carbocycles. The topological polar surface area (TPSA) is 59.7 Å². The van der Waals surface area contributed by atoms with Gasteiger partial charge in [-0.05, 0) is 24.3 Å². The van der Waals surface area contributed by atoms with Gasteiger partial charge in [0, 0.05) is 5.56 Å². The van der Waals surface area contributed by atoms with Gasteiger partial charge in [0.1, 0.15) is 23.7 Å². The van der Waals surface area contributed by atoms with Crippen LogP contribution in [0.25, 0.3) is 11.3 Å². The van der Waals surface area contributed by atoms with Crippen molar-refractivity contribution in [2.45, 2.75) is 6.42 Å². The molecular formula is C13H12O4. The normalized spacial score (nSPS) is 10.2. The summed E-state index contributed by atoms with van der Waals surface area (Å²) in [5, 5.41) is 8.65. The van der Waals surface area contributed by atoms with Crippen LogP contribution in [-0.4, -0.2) is 18.2 Å². The van der Waals surface area contributed by atoms with Crippen LogP contribution in [0, 0.1) is 0 Å². The molecule has 1 heterocycles. The van der Waals surface area contributed by atoms with Crippen molar-refractivity contribution in [2.75, 3.05) is 7.11 Å². The lowest BCUT2D eigenvalue weighted by atomic mass is 10.1. The minimum Gasteiger partial charge on any atom is -0.497 e. The summed E-state index contributed by atoms with van der Waals surface area (Å²) in [6.45, 7) is 0. The third-order valence-electron chi connectivity index (χ3n) is 2.34. The highest BCUT2D eigenvalue weighted by Gasteiger charge is 2.08. The molecule has 0 saturated heterocycles. The van der Waals surface area contributed by atoms with Crippen LogP contribution in [0.15, 0.2) is 40.8 Å². The number of hydrogen-bond acceptors (Lipinski definition) is 3. The third kappa shape index (κ3) is 2.66. The van der Waals surface area contributed by atoms with Crippen molar-refractivity contribution in [1.29, 1.82) is 0 Å². The molecule has 2 aromatic rings. The largest absolute Gasteiger partial charge is 0.497 e. The van der Waals surface area contributed by atoms with E-state index in [1.54, 1.807) is 19.2 Å². The van der Waals surface area contributed by atoms with Crippen LogP contribution in [0.5, 0.6) is 5.75 Å². The fourth-order valence-corrected chi connectivity index (χ4v) is 1.55. The van der Waals surface area contributed by atoms with Gasteiger partial charge in [-0.15, -0.1) is 0 Å². The smallest absolute Gasteiger partial charge is 0.311 e. The molecule has 88 valence electrons. The summed E-state index contributed by atoms with van der Waals surface area (Å²) in [7, 11) is 1.59. The predicted molar refractivity (Wildman–Crippen MR) is 62.0 cm³/mol. The average Bonchev–Trinajstić information content (AvgIpc) is 2.77. The fourth-order valence-electron chi connectivity index (χ4n) is 1.55. The van der Waals surface area contributed by atoms with E-state index in [1.165, 1.54) is 0 Å². The quantitative estimate of drug-likeness (QED) is 0.880. The van der Waals surface area contributed by atoms with Gasteiger partial charge in [-0.2, -0.15) is 0 Å². The molecule has 1 N–H and O–H groups in total. The summed E-state index contributed by atoms with van der Waals surface area (Å²) >= 11 is 0. The Kier molecular flexibility index (Phi) is 3.14. The van der Waals surface area contributed by atoms with E-state index < -0.39 is 5.97 Å². The summed E-state index contributed by atoms with van der Waals surface area (Å²) in [5.41, 5.74) is 0.862. The second kappa shape index (κ2) is 4.74. The second-order valence-corrected chi connectivity index (χ2v) is 3.57. The maximum atomic E-state index is 10.5. The summed E-state index contributed by atoms with van der Waals surface area (Å²) in [6, 6.07) is 10.8. The molecule has 0 bridgehead atoms. The first kappa shape index (κ1) is 11.3. The van der Waals surface area contributed by atoms with E-state index >= 15 is 0 Å². The molecule has 0 radical (unpaired) electrons. The number of methoxy groups -OCH3 is 1. The molecule has 0 atom stereocenters. The van der Waals surface area contributed by atoms with E-state index in [0.717, 1.165) is 11.3 Å². The summed E-state index contributed by atoms with van der Waals surface area (Å²) < 4.78 is 10.6. The van der Waals surface area contributed by atoms with Crippen LogP contribution in [0.2, 0.25) is 0 Å². The first-order valence-corrected chi connectivity index (χ1v) is 5.14. The Balaban J connectivity index is 2.26. The third-order valence-corrected chi connectivity index (χ3v) is 2.34. The molecule has 4 nitrogen and oxygen atoms in total. The van der Waals surface area contributed by atoms with Gasteiger partial charge in [0.25, 0.3) is 0 Å². The Bertz CT molecular complexity index is 528. The van der Waals surface area contributed by atoms with E-state index in [2.05, 4.69) is 0 Å². The van der Waals surface area contributed by atoms with Gasteiger partial charge in [-0.1, -0.05) is 12.1 Å². The van der Waals surface area contributed by atoms with Crippen molar-refractivity contribution in [3.05, 3.63) is 42.2 Å². The minimum atomic E-state index is -0.906. The molecule has 0 saturated carbocycles. The van der Waals surface area contributed by atoms with Crippen LogP contribution in [0.4, 0.5) is 0 Å². The number of benzene rings is 1. The van der Waals surface area contributed by atoms with E-state index in [0.29, 0.717) is 11.5 Å². The average molecular weight is 232 g/mol. The van der Waals surface area contributed by atoms with Gasteiger partial charge in [0.05, 0.1) is 7.11 Å². The zero-order chi connectivity index (χ0) is 12.3. The molecular weight excluding hydrogens is 220 g/mol. The number of rotatable bonds is 4. The van der Waals surface area contributed by atoms with Gasteiger partial charge in [0.2, 0.25) is 0 Å². The van der Waals surface area contributed by atoms with E-state index in [-0.39, 0.29) is 6.42 Å². The molecule has 2 rings (SSSR count). The summed E-state index contributed by atoms with van der Waals surface area (Å²) in [4.78, 5) is 10.5. The van der Waals surface area contributed by atoms with Crippen LogP contribution < -0.4 is 4.74 Å². The molecule has 0 aliphatic heterocycles. The fraction of sp³-hybridized carbons (Fsp3) is 0.154. The Morgan fingerprint density at radius 1 is 1.35 bits per heavy atom. The van der Waals surface area contributed by atoms with Crippen molar-refractivity contribution in [1.82, 2.24) is 0 Å². The zero-order valence-electron chi connectivity index (χ0n) is 9.34. The van der Waals surface area contributed by atoms with Gasteiger partial charge < -0.3 is 14.3 Å². The van der Waals surface area contributed by atoms with Crippen LogP contribution >= 0.6 is 0 Å². The van der Waals surface area contributed by atoms with Gasteiger partial charge >= 0.3 is 5.97 Å². The highest BCUT2D eigenvalue weighted by atomic mass is 16.5.